The molecule has 1 saturated heterocycles. The fourth-order valence-corrected chi connectivity index (χ4v) is 2.54. The van der Waals surface area contributed by atoms with Crippen molar-refractivity contribution in [2.24, 2.45) is 0 Å². The van der Waals surface area contributed by atoms with Gasteiger partial charge in [0, 0.05) is 12.1 Å². The third-order valence-corrected chi connectivity index (χ3v) is 3.69. The first-order valence-electron chi connectivity index (χ1n) is 6.67. The summed E-state index contributed by atoms with van der Waals surface area (Å²) in [5.41, 5.74) is 2.10. The molecule has 0 saturated carbocycles. The standard InChI is InChI=1S/C8H17N.C7H3NO/c1-3-8-6-4-5-7-9(8)2;8-4-5-3-6-1-2-7(5)9-6/h8H,3-7H2,1-2H3;1-3H. The van der Waals surface area contributed by atoms with E-state index in [9.17, 15) is 0 Å². The maximum Gasteiger partial charge on any atom is 0.145 e. The lowest BCUT2D eigenvalue weighted by Gasteiger charge is -2.31. The van der Waals surface area contributed by atoms with Crippen molar-refractivity contribution in [1.82, 2.24) is 4.90 Å². The molecular formula is C15H20N2O. The third kappa shape index (κ3) is 2.83. The zero-order valence-corrected chi connectivity index (χ0v) is 11.1. The van der Waals surface area contributed by atoms with E-state index in [0.717, 1.165) is 11.6 Å². The molecule has 2 aromatic heterocycles. The smallest absolute Gasteiger partial charge is 0.145 e. The average Bonchev–Trinajstić information content (AvgIpc) is 3.02. The SMILES string of the molecule is CCC1CCCCN1C.N#Cc1cc2ccc1o2. The molecule has 1 aliphatic heterocycles. The highest BCUT2D eigenvalue weighted by molar-refractivity contribution is 5.69. The molecule has 0 amide bonds. The van der Waals surface area contributed by atoms with Crippen molar-refractivity contribution in [3.8, 4) is 6.07 Å². The molecule has 1 fully saturated rings. The summed E-state index contributed by atoms with van der Waals surface area (Å²) < 4.78 is 5.08. The highest BCUT2D eigenvalue weighted by Crippen LogP contribution is 2.20. The number of rotatable bonds is 1. The van der Waals surface area contributed by atoms with Crippen LogP contribution in [0.25, 0.3) is 11.2 Å². The molecule has 1 aliphatic rings. The van der Waals surface area contributed by atoms with Crippen LogP contribution in [0.4, 0.5) is 0 Å². The fourth-order valence-electron chi connectivity index (χ4n) is 2.54. The molecule has 2 aromatic rings. The Morgan fingerprint density at radius 2 is 2.28 bits per heavy atom. The van der Waals surface area contributed by atoms with E-state index in [1.807, 2.05) is 12.1 Å². The second kappa shape index (κ2) is 5.88. The van der Waals surface area contributed by atoms with Crippen LogP contribution in [0, 0.1) is 11.3 Å². The monoisotopic (exact) mass is 244 g/mol. The largest absolute Gasteiger partial charge is 0.456 e. The van der Waals surface area contributed by atoms with E-state index in [0.29, 0.717) is 11.1 Å². The zero-order valence-electron chi connectivity index (χ0n) is 11.1. The lowest BCUT2D eigenvalue weighted by Crippen LogP contribution is -2.35. The Morgan fingerprint density at radius 1 is 1.44 bits per heavy atom. The summed E-state index contributed by atoms with van der Waals surface area (Å²) in [6.45, 7) is 3.60. The fraction of sp³-hybridized carbons (Fsp3) is 0.533. The van der Waals surface area contributed by atoms with Crippen LogP contribution in [0.15, 0.2) is 22.6 Å². The maximum absolute atomic E-state index is 8.42. The van der Waals surface area contributed by atoms with Crippen LogP contribution in [0.3, 0.4) is 0 Å². The molecule has 0 spiro atoms. The number of likely N-dealkylation sites (tertiary alicyclic amines) is 1. The lowest BCUT2D eigenvalue weighted by molar-refractivity contribution is 0.181. The molecule has 0 aromatic carbocycles. The second-order valence-electron chi connectivity index (χ2n) is 4.91. The molecule has 0 aliphatic carbocycles. The second-order valence-corrected chi connectivity index (χ2v) is 4.91. The van der Waals surface area contributed by atoms with Gasteiger partial charge in [-0.3, -0.25) is 0 Å². The number of hydrogen-bond acceptors (Lipinski definition) is 3. The van der Waals surface area contributed by atoms with Gasteiger partial charge in [-0.15, -0.1) is 0 Å². The van der Waals surface area contributed by atoms with Crippen molar-refractivity contribution in [2.45, 2.75) is 38.6 Å². The van der Waals surface area contributed by atoms with Crippen LogP contribution in [-0.2, 0) is 0 Å². The third-order valence-electron chi connectivity index (χ3n) is 3.69. The molecule has 3 rings (SSSR count). The van der Waals surface area contributed by atoms with Crippen molar-refractivity contribution in [2.75, 3.05) is 13.6 Å². The van der Waals surface area contributed by atoms with Crippen LogP contribution in [-0.4, -0.2) is 24.5 Å². The molecule has 3 heterocycles. The van der Waals surface area contributed by atoms with Gasteiger partial charge in [-0.1, -0.05) is 13.3 Å². The Bertz CT molecular complexity index is 511. The summed E-state index contributed by atoms with van der Waals surface area (Å²) >= 11 is 0. The summed E-state index contributed by atoms with van der Waals surface area (Å²) in [7, 11) is 2.24. The van der Waals surface area contributed by atoms with Gasteiger partial charge < -0.3 is 9.32 Å². The summed E-state index contributed by atoms with van der Waals surface area (Å²) in [5, 5.41) is 8.42. The Balaban J connectivity index is 0.000000134. The van der Waals surface area contributed by atoms with Gasteiger partial charge in [0.2, 0.25) is 0 Å². The van der Waals surface area contributed by atoms with Crippen molar-refractivity contribution < 1.29 is 4.42 Å². The topological polar surface area (TPSA) is 40.2 Å². The highest BCUT2D eigenvalue weighted by atomic mass is 16.3. The molecule has 1 unspecified atom stereocenters. The number of nitriles is 1. The molecule has 96 valence electrons. The van der Waals surface area contributed by atoms with Crippen LogP contribution in [0.2, 0.25) is 0 Å². The van der Waals surface area contributed by atoms with Crippen molar-refractivity contribution in [1.29, 1.82) is 5.26 Å². The molecule has 0 N–H and O–H groups in total. The van der Waals surface area contributed by atoms with Crippen molar-refractivity contribution in [3.63, 3.8) is 0 Å². The Morgan fingerprint density at radius 3 is 2.67 bits per heavy atom. The minimum atomic E-state index is 0.632. The molecule has 18 heavy (non-hydrogen) atoms. The van der Waals surface area contributed by atoms with E-state index in [2.05, 4.69) is 18.9 Å². The lowest BCUT2D eigenvalue weighted by atomic mass is 10.0. The van der Waals surface area contributed by atoms with E-state index >= 15 is 0 Å². The van der Waals surface area contributed by atoms with Gasteiger partial charge in [-0.05, 0) is 45.0 Å². The van der Waals surface area contributed by atoms with E-state index < -0.39 is 0 Å². The van der Waals surface area contributed by atoms with Crippen LogP contribution in [0.1, 0.15) is 38.2 Å². The number of piperidine rings is 1. The molecule has 0 radical (unpaired) electrons. The van der Waals surface area contributed by atoms with Gasteiger partial charge in [-0.25, -0.2) is 0 Å². The predicted octanol–water partition coefficient (Wildman–Crippen LogP) is 3.62. The minimum absolute atomic E-state index is 0.632. The molecular weight excluding hydrogens is 224 g/mol. The normalized spacial score (nSPS) is 20.4. The Kier molecular flexibility index (Phi) is 4.22. The van der Waals surface area contributed by atoms with E-state index in [-0.39, 0.29) is 0 Å². The Labute approximate surface area is 108 Å². The van der Waals surface area contributed by atoms with Crippen LogP contribution < -0.4 is 0 Å². The number of furan rings is 2. The van der Waals surface area contributed by atoms with Crippen molar-refractivity contribution in [3.05, 3.63) is 23.8 Å². The molecule has 3 nitrogen and oxygen atoms in total. The summed E-state index contributed by atoms with van der Waals surface area (Å²) in [5.74, 6) is 0. The van der Waals surface area contributed by atoms with Gasteiger partial charge in [0.05, 0.1) is 5.56 Å². The number of benzene rings is 1. The maximum atomic E-state index is 8.42. The number of fused-ring (bicyclic) bond motifs is 2. The van der Waals surface area contributed by atoms with E-state index in [1.165, 1.54) is 32.2 Å². The summed E-state index contributed by atoms with van der Waals surface area (Å²) in [6, 6.07) is 8.28. The first kappa shape index (κ1) is 12.9. The average molecular weight is 244 g/mol. The van der Waals surface area contributed by atoms with Gasteiger partial charge in [0.15, 0.2) is 0 Å². The quantitative estimate of drug-likeness (QED) is 0.769. The van der Waals surface area contributed by atoms with Crippen LogP contribution in [0.5, 0.6) is 0 Å². The number of nitrogens with zero attached hydrogens (tertiary/aromatic N) is 2. The van der Waals surface area contributed by atoms with Gasteiger partial charge >= 0.3 is 0 Å². The van der Waals surface area contributed by atoms with Gasteiger partial charge in [0.25, 0.3) is 0 Å². The Hall–Kier alpha value is -1.53. The first-order chi connectivity index (χ1) is 8.74. The van der Waals surface area contributed by atoms with E-state index in [1.54, 1.807) is 12.1 Å². The predicted molar refractivity (Wildman–Crippen MR) is 72.7 cm³/mol. The first-order valence-corrected chi connectivity index (χ1v) is 6.67. The number of hydrogen-bond donors (Lipinski definition) is 0. The van der Waals surface area contributed by atoms with E-state index in [4.69, 9.17) is 9.68 Å². The molecule has 1 atom stereocenters. The zero-order chi connectivity index (χ0) is 13.0. The summed E-state index contributed by atoms with van der Waals surface area (Å²) in [4.78, 5) is 2.49. The van der Waals surface area contributed by atoms with Crippen molar-refractivity contribution >= 4 is 11.2 Å². The van der Waals surface area contributed by atoms with Gasteiger partial charge in [-0.2, -0.15) is 5.26 Å². The summed E-state index contributed by atoms with van der Waals surface area (Å²) in [6.07, 6.45) is 5.61. The van der Waals surface area contributed by atoms with Crippen LogP contribution >= 0.6 is 0 Å². The highest BCUT2D eigenvalue weighted by Gasteiger charge is 2.15. The minimum Gasteiger partial charge on any atom is -0.456 e. The van der Waals surface area contributed by atoms with Gasteiger partial charge in [0.1, 0.15) is 17.2 Å². The molecule has 3 heteroatoms. The molecule has 2 bridgehead atoms.